The van der Waals surface area contributed by atoms with Crippen molar-refractivity contribution in [1.82, 2.24) is 15.2 Å². The van der Waals surface area contributed by atoms with Gasteiger partial charge in [0.25, 0.3) is 0 Å². The van der Waals surface area contributed by atoms with E-state index < -0.39 is 0 Å². The number of aryl methyl sites for hydroxylation is 1. The van der Waals surface area contributed by atoms with E-state index in [2.05, 4.69) is 22.1 Å². The Hall–Kier alpha value is -0.900. The van der Waals surface area contributed by atoms with E-state index in [-0.39, 0.29) is 35.9 Å². The number of nitrogens with one attached hydrogen (secondary N) is 1. The van der Waals surface area contributed by atoms with Gasteiger partial charge in [0.1, 0.15) is 0 Å². The van der Waals surface area contributed by atoms with Crippen molar-refractivity contribution in [2.75, 3.05) is 26.2 Å². The zero-order valence-corrected chi connectivity index (χ0v) is 17.7. The van der Waals surface area contributed by atoms with Gasteiger partial charge in [0, 0.05) is 30.7 Å². The number of likely N-dealkylation sites (tertiary alicyclic amines) is 1. The van der Waals surface area contributed by atoms with E-state index in [0.717, 1.165) is 43.4 Å². The molecule has 136 valence electrons. The Kier molecular flexibility index (Phi) is 9.57. The van der Waals surface area contributed by atoms with Gasteiger partial charge in [-0.3, -0.25) is 4.79 Å². The van der Waals surface area contributed by atoms with Gasteiger partial charge in [-0.15, -0.1) is 35.3 Å². The maximum absolute atomic E-state index is 11.8. The molecule has 2 rings (SSSR count). The first-order chi connectivity index (χ1) is 11.1. The Morgan fingerprint density at radius 3 is 2.71 bits per heavy atom. The molecule has 2 heterocycles. The second-order valence-corrected chi connectivity index (χ2v) is 6.85. The molecule has 8 heteroatoms. The molecular weight excluding hydrogens is 439 g/mol. The number of aliphatic imine (C=N–C) groups is 1. The highest BCUT2D eigenvalue weighted by Crippen LogP contribution is 2.19. The van der Waals surface area contributed by atoms with E-state index in [0.29, 0.717) is 13.2 Å². The van der Waals surface area contributed by atoms with Crippen LogP contribution in [0, 0.1) is 12.8 Å². The van der Waals surface area contributed by atoms with Crippen LogP contribution >= 0.6 is 35.3 Å². The van der Waals surface area contributed by atoms with Crippen LogP contribution in [0.25, 0.3) is 0 Å². The second kappa shape index (κ2) is 10.9. The molecule has 1 aliphatic rings. The number of guanidine groups is 1. The highest BCUT2D eigenvalue weighted by atomic mass is 127. The molecule has 1 aliphatic heterocycles. The van der Waals surface area contributed by atoms with Crippen molar-refractivity contribution in [1.29, 1.82) is 0 Å². The number of hydrogen-bond donors (Lipinski definition) is 1. The third-order valence-corrected chi connectivity index (χ3v) is 4.70. The monoisotopic (exact) mass is 466 g/mol. The highest BCUT2D eigenvalue weighted by Gasteiger charge is 2.27. The topological polar surface area (TPSA) is 66.8 Å². The molecule has 0 amide bonds. The molecule has 0 bridgehead atoms. The van der Waals surface area contributed by atoms with Gasteiger partial charge in [-0.25, -0.2) is 9.98 Å². The maximum atomic E-state index is 11.8. The molecule has 1 saturated heterocycles. The van der Waals surface area contributed by atoms with Gasteiger partial charge >= 0.3 is 5.97 Å². The van der Waals surface area contributed by atoms with Crippen LogP contribution in [0.4, 0.5) is 0 Å². The predicted molar refractivity (Wildman–Crippen MR) is 108 cm³/mol. The Bertz CT molecular complexity index is 542. The summed E-state index contributed by atoms with van der Waals surface area (Å²) in [5.74, 6) is 0.883. The predicted octanol–water partition coefficient (Wildman–Crippen LogP) is 2.81. The molecule has 6 nitrogen and oxygen atoms in total. The van der Waals surface area contributed by atoms with Crippen LogP contribution in [0.5, 0.6) is 0 Å². The third-order valence-electron chi connectivity index (χ3n) is 3.80. The van der Waals surface area contributed by atoms with E-state index in [1.807, 2.05) is 20.0 Å². The molecule has 0 atom stereocenters. The second-order valence-electron chi connectivity index (χ2n) is 5.53. The van der Waals surface area contributed by atoms with Crippen molar-refractivity contribution in [2.24, 2.45) is 10.9 Å². The first-order valence-corrected chi connectivity index (χ1v) is 9.06. The number of aromatic nitrogens is 1. The summed E-state index contributed by atoms with van der Waals surface area (Å²) >= 11 is 1.68. The standard InChI is InChI=1S/C16H26N4O2S.HI/c1-4-17-16(19-11-14-10-18-12(3)23-14)20-8-6-13(7-9-20)15(21)22-5-2;/h10,13H,4-9,11H2,1-3H3,(H,17,19);1H. The average molecular weight is 466 g/mol. The number of ether oxygens (including phenoxy) is 1. The van der Waals surface area contributed by atoms with E-state index >= 15 is 0 Å². The Balaban J connectivity index is 0.00000288. The fourth-order valence-electron chi connectivity index (χ4n) is 2.64. The molecule has 0 spiro atoms. The number of carbonyl (C=O) groups excluding carboxylic acids is 1. The molecule has 1 fully saturated rings. The third kappa shape index (κ3) is 6.19. The normalized spacial score (nSPS) is 15.8. The van der Waals surface area contributed by atoms with Crippen molar-refractivity contribution in [2.45, 2.75) is 40.2 Å². The van der Waals surface area contributed by atoms with Crippen molar-refractivity contribution in [3.63, 3.8) is 0 Å². The van der Waals surface area contributed by atoms with Crippen molar-refractivity contribution < 1.29 is 9.53 Å². The van der Waals surface area contributed by atoms with Crippen LogP contribution in [-0.4, -0.2) is 48.1 Å². The van der Waals surface area contributed by atoms with Crippen LogP contribution in [0.2, 0.25) is 0 Å². The fraction of sp³-hybridized carbons (Fsp3) is 0.688. The van der Waals surface area contributed by atoms with Crippen LogP contribution in [-0.2, 0) is 16.1 Å². The van der Waals surface area contributed by atoms with Crippen molar-refractivity contribution in [3.05, 3.63) is 16.1 Å². The summed E-state index contributed by atoms with van der Waals surface area (Å²) in [6.07, 6.45) is 3.53. The molecule has 1 aromatic rings. The summed E-state index contributed by atoms with van der Waals surface area (Å²) in [5, 5.41) is 4.41. The van der Waals surface area contributed by atoms with Crippen LogP contribution in [0.3, 0.4) is 0 Å². The van der Waals surface area contributed by atoms with Gasteiger partial charge in [0.2, 0.25) is 0 Å². The number of hydrogen-bond acceptors (Lipinski definition) is 5. The van der Waals surface area contributed by atoms with E-state index in [1.165, 1.54) is 4.88 Å². The van der Waals surface area contributed by atoms with Gasteiger partial charge in [0.15, 0.2) is 5.96 Å². The summed E-state index contributed by atoms with van der Waals surface area (Å²) in [5.41, 5.74) is 0. The minimum atomic E-state index is -0.0609. The van der Waals surface area contributed by atoms with Gasteiger partial charge < -0.3 is 15.0 Å². The molecule has 1 aromatic heterocycles. The highest BCUT2D eigenvalue weighted by molar-refractivity contribution is 14.0. The molecule has 0 unspecified atom stereocenters. The van der Waals surface area contributed by atoms with Gasteiger partial charge in [0.05, 0.1) is 24.1 Å². The van der Waals surface area contributed by atoms with Crippen molar-refractivity contribution >= 4 is 47.2 Å². The smallest absolute Gasteiger partial charge is 0.309 e. The minimum Gasteiger partial charge on any atom is -0.466 e. The summed E-state index contributed by atoms with van der Waals surface area (Å²) in [7, 11) is 0. The summed E-state index contributed by atoms with van der Waals surface area (Å²) in [6.45, 7) is 9.51. The number of nitrogens with zero attached hydrogens (tertiary/aromatic N) is 3. The molecule has 24 heavy (non-hydrogen) atoms. The first-order valence-electron chi connectivity index (χ1n) is 8.25. The molecule has 0 aliphatic carbocycles. The Morgan fingerprint density at radius 1 is 1.46 bits per heavy atom. The molecular formula is C16H27IN4O2S. The van der Waals surface area contributed by atoms with Gasteiger partial charge in [-0.1, -0.05) is 0 Å². The molecule has 1 N–H and O–H groups in total. The lowest BCUT2D eigenvalue weighted by Crippen LogP contribution is -2.46. The van der Waals surface area contributed by atoms with Crippen LogP contribution in [0.15, 0.2) is 11.2 Å². The zero-order chi connectivity index (χ0) is 16.7. The molecule has 0 aromatic carbocycles. The number of carbonyl (C=O) groups is 1. The lowest BCUT2D eigenvalue weighted by Gasteiger charge is -2.33. The van der Waals surface area contributed by atoms with E-state index in [1.54, 1.807) is 11.3 Å². The number of thiazole rings is 1. The van der Waals surface area contributed by atoms with Gasteiger partial charge in [-0.05, 0) is 33.6 Å². The van der Waals surface area contributed by atoms with E-state index in [9.17, 15) is 4.79 Å². The summed E-state index contributed by atoms with van der Waals surface area (Å²) in [4.78, 5) is 24.2. The SMILES string of the molecule is CCNC(=NCc1cnc(C)s1)N1CCC(C(=O)OCC)CC1.I. The zero-order valence-electron chi connectivity index (χ0n) is 14.6. The van der Waals surface area contributed by atoms with Crippen molar-refractivity contribution in [3.8, 4) is 0 Å². The van der Waals surface area contributed by atoms with Gasteiger partial charge in [-0.2, -0.15) is 0 Å². The number of piperidine rings is 1. The Morgan fingerprint density at radius 2 is 2.17 bits per heavy atom. The number of halogens is 1. The quantitative estimate of drug-likeness (QED) is 0.313. The minimum absolute atomic E-state index is 0. The van der Waals surface area contributed by atoms with E-state index in [4.69, 9.17) is 9.73 Å². The summed E-state index contributed by atoms with van der Waals surface area (Å²) < 4.78 is 5.12. The molecule has 0 saturated carbocycles. The lowest BCUT2D eigenvalue weighted by atomic mass is 9.97. The maximum Gasteiger partial charge on any atom is 0.309 e. The number of esters is 1. The fourth-order valence-corrected chi connectivity index (χ4v) is 3.36. The Labute approximate surface area is 165 Å². The lowest BCUT2D eigenvalue weighted by molar-refractivity contribution is -0.149. The number of rotatable bonds is 5. The summed E-state index contributed by atoms with van der Waals surface area (Å²) in [6, 6.07) is 0. The average Bonchev–Trinajstić information content (AvgIpc) is 2.97. The van der Waals surface area contributed by atoms with Crippen LogP contribution in [0.1, 0.15) is 36.6 Å². The molecule has 0 radical (unpaired) electrons. The van der Waals surface area contributed by atoms with Crippen LogP contribution < -0.4 is 5.32 Å². The largest absolute Gasteiger partial charge is 0.466 e. The first kappa shape index (κ1) is 21.1.